The molecule has 0 amide bonds. The zero-order valence-electron chi connectivity index (χ0n) is 6.12. The van der Waals surface area contributed by atoms with Crippen molar-refractivity contribution >= 4 is 17.6 Å². The van der Waals surface area contributed by atoms with Crippen LogP contribution in [0.25, 0.3) is 0 Å². The lowest BCUT2D eigenvalue weighted by Gasteiger charge is -2.11. The van der Waals surface area contributed by atoms with Gasteiger partial charge in [0.2, 0.25) is 0 Å². The number of nitriles is 1. The average molecular weight is 184 g/mol. The highest BCUT2D eigenvalue weighted by Crippen LogP contribution is 2.25. The number of hydrogen-bond donors (Lipinski definition) is 1. The number of nitrogens with zero attached hydrogens (tertiary/aromatic N) is 1. The number of carboxylic acids is 1. The molecule has 12 heavy (non-hydrogen) atoms. The fourth-order valence-corrected chi connectivity index (χ4v) is 1.15. The van der Waals surface area contributed by atoms with Crippen LogP contribution in [0.3, 0.4) is 0 Å². The Hall–Kier alpha value is -1.27. The summed E-state index contributed by atoms with van der Waals surface area (Å²) in [5.74, 6) is -1.54. The predicted molar refractivity (Wildman–Crippen MR) is 43.4 cm³/mol. The van der Waals surface area contributed by atoms with Crippen molar-refractivity contribution in [1.29, 1.82) is 5.26 Å². The lowest BCUT2D eigenvalue weighted by Crippen LogP contribution is -2.13. The highest BCUT2D eigenvalue weighted by atomic mass is 35.5. The highest BCUT2D eigenvalue weighted by Gasteiger charge is 2.20. The third-order valence-electron chi connectivity index (χ3n) is 1.64. The molecule has 0 aromatic rings. The second-order valence-electron chi connectivity index (χ2n) is 2.45. The van der Waals surface area contributed by atoms with E-state index in [1.165, 1.54) is 12.2 Å². The molecule has 1 unspecified atom stereocenters. The van der Waals surface area contributed by atoms with Gasteiger partial charge < -0.3 is 5.11 Å². The maximum atomic E-state index is 10.5. The van der Waals surface area contributed by atoms with Gasteiger partial charge in [0, 0.05) is 12.0 Å². The van der Waals surface area contributed by atoms with Crippen LogP contribution in [0.4, 0.5) is 0 Å². The van der Waals surface area contributed by atoms with Crippen molar-refractivity contribution in [3.05, 3.63) is 22.8 Å². The Morgan fingerprint density at radius 2 is 2.50 bits per heavy atom. The Morgan fingerprint density at radius 1 is 1.83 bits per heavy atom. The van der Waals surface area contributed by atoms with Crippen molar-refractivity contribution in [1.82, 2.24) is 0 Å². The molecule has 1 N–H and O–H groups in total. The average Bonchev–Trinajstić information content (AvgIpc) is 2.05. The summed E-state index contributed by atoms with van der Waals surface area (Å²) in [6.45, 7) is 0. The summed E-state index contributed by atoms with van der Waals surface area (Å²) in [5, 5.41) is 17.5. The van der Waals surface area contributed by atoms with Gasteiger partial charge in [-0.2, -0.15) is 5.26 Å². The summed E-state index contributed by atoms with van der Waals surface area (Å²) in [7, 11) is 0. The van der Waals surface area contributed by atoms with Crippen molar-refractivity contribution in [2.24, 2.45) is 5.92 Å². The van der Waals surface area contributed by atoms with Gasteiger partial charge in [-0.1, -0.05) is 17.7 Å². The minimum absolute atomic E-state index is 0.196. The van der Waals surface area contributed by atoms with Gasteiger partial charge in [-0.3, -0.25) is 4.79 Å². The van der Waals surface area contributed by atoms with Gasteiger partial charge in [0.05, 0.1) is 17.0 Å². The summed E-state index contributed by atoms with van der Waals surface area (Å²) in [6.07, 6.45) is 3.15. The third kappa shape index (κ3) is 1.66. The fraction of sp³-hybridized carbons (Fsp3) is 0.250. The van der Waals surface area contributed by atoms with Crippen LogP contribution < -0.4 is 0 Å². The van der Waals surface area contributed by atoms with E-state index in [2.05, 4.69) is 0 Å². The van der Waals surface area contributed by atoms with E-state index in [1.54, 1.807) is 0 Å². The number of rotatable bonds is 1. The Kier molecular flexibility index (Phi) is 2.51. The van der Waals surface area contributed by atoms with Crippen molar-refractivity contribution < 1.29 is 9.90 Å². The van der Waals surface area contributed by atoms with Gasteiger partial charge in [-0.25, -0.2) is 0 Å². The highest BCUT2D eigenvalue weighted by molar-refractivity contribution is 6.32. The molecule has 62 valence electrons. The summed E-state index contributed by atoms with van der Waals surface area (Å²) < 4.78 is 0. The van der Waals surface area contributed by atoms with E-state index < -0.39 is 11.9 Å². The predicted octanol–water partition coefficient (Wildman–Crippen LogP) is 1.66. The zero-order chi connectivity index (χ0) is 9.14. The molecule has 0 bridgehead atoms. The van der Waals surface area contributed by atoms with Gasteiger partial charge in [0.25, 0.3) is 0 Å². The third-order valence-corrected chi connectivity index (χ3v) is 1.99. The molecule has 0 saturated carbocycles. The molecule has 0 heterocycles. The molecule has 3 nitrogen and oxygen atoms in total. The standard InChI is InChI=1S/C8H6ClNO2/c9-7-2-1-5(8(11)12)3-6(7)4-10/h1-2,5H,3H2,(H,11,12). The molecule has 0 aliphatic heterocycles. The lowest BCUT2D eigenvalue weighted by atomic mass is 9.95. The normalized spacial score (nSPS) is 22.2. The van der Waals surface area contributed by atoms with Gasteiger partial charge in [-0.15, -0.1) is 0 Å². The van der Waals surface area contributed by atoms with Gasteiger partial charge >= 0.3 is 5.97 Å². The summed E-state index contributed by atoms with van der Waals surface area (Å²) in [4.78, 5) is 10.5. The van der Waals surface area contributed by atoms with E-state index in [1.807, 2.05) is 6.07 Å². The van der Waals surface area contributed by atoms with Crippen LogP contribution in [0.2, 0.25) is 0 Å². The van der Waals surface area contributed by atoms with Gasteiger partial charge in [0.15, 0.2) is 0 Å². The first-order valence-corrected chi connectivity index (χ1v) is 3.72. The summed E-state index contributed by atoms with van der Waals surface area (Å²) >= 11 is 5.63. The van der Waals surface area contributed by atoms with E-state index in [0.29, 0.717) is 10.6 Å². The maximum absolute atomic E-state index is 10.5. The van der Waals surface area contributed by atoms with Gasteiger partial charge in [-0.05, 0) is 6.08 Å². The molecule has 4 heteroatoms. The number of carboxylic acid groups (broad SMARTS) is 1. The van der Waals surface area contributed by atoms with E-state index in [4.69, 9.17) is 22.0 Å². The first-order valence-electron chi connectivity index (χ1n) is 3.35. The second kappa shape index (κ2) is 3.42. The lowest BCUT2D eigenvalue weighted by molar-refractivity contribution is -0.140. The summed E-state index contributed by atoms with van der Waals surface area (Å²) in [6, 6.07) is 1.87. The van der Waals surface area contributed by atoms with Crippen LogP contribution in [-0.2, 0) is 4.79 Å². The monoisotopic (exact) mass is 183 g/mol. The van der Waals surface area contributed by atoms with E-state index in [0.717, 1.165) is 0 Å². The quantitative estimate of drug-likeness (QED) is 0.673. The number of aliphatic carboxylic acids is 1. The molecule has 0 aromatic heterocycles. The Bertz CT molecular complexity index is 312. The molecule has 0 fully saturated rings. The van der Waals surface area contributed by atoms with Crippen LogP contribution in [0, 0.1) is 17.2 Å². The van der Waals surface area contributed by atoms with Crippen LogP contribution in [-0.4, -0.2) is 11.1 Å². The van der Waals surface area contributed by atoms with E-state index >= 15 is 0 Å². The number of carbonyl (C=O) groups is 1. The van der Waals surface area contributed by atoms with Gasteiger partial charge in [0.1, 0.15) is 0 Å². The van der Waals surface area contributed by atoms with Crippen molar-refractivity contribution in [2.75, 3.05) is 0 Å². The Balaban J connectivity index is 2.85. The molecule has 1 aliphatic rings. The van der Waals surface area contributed by atoms with Crippen molar-refractivity contribution in [3.8, 4) is 6.07 Å². The van der Waals surface area contributed by atoms with Crippen LogP contribution in [0.5, 0.6) is 0 Å². The summed E-state index contributed by atoms with van der Waals surface area (Å²) in [5.41, 5.74) is 0.339. The zero-order valence-corrected chi connectivity index (χ0v) is 6.88. The first kappa shape index (κ1) is 8.82. The van der Waals surface area contributed by atoms with E-state index in [-0.39, 0.29) is 6.42 Å². The number of hydrogen-bond acceptors (Lipinski definition) is 2. The minimum Gasteiger partial charge on any atom is -0.481 e. The molecule has 0 aromatic carbocycles. The fourth-order valence-electron chi connectivity index (χ4n) is 0.955. The number of allylic oxidation sites excluding steroid dienone is 3. The molecular formula is C8H6ClNO2. The minimum atomic E-state index is -0.928. The largest absolute Gasteiger partial charge is 0.481 e. The van der Waals surface area contributed by atoms with Crippen LogP contribution in [0.1, 0.15) is 6.42 Å². The molecule has 1 aliphatic carbocycles. The molecule has 0 radical (unpaired) electrons. The topological polar surface area (TPSA) is 61.1 Å². The molecular weight excluding hydrogens is 178 g/mol. The van der Waals surface area contributed by atoms with Crippen molar-refractivity contribution in [3.63, 3.8) is 0 Å². The van der Waals surface area contributed by atoms with Crippen molar-refractivity contribution in [2.45, 2.75) is 6.42 Å². The smallest absolute Gasteiger partial charge is 0.310 e. The van der Waals surface area contributed by atoms with Crippen LogP contribution >= 0.6 is 11.6 Å². The van der Waals surface area contributed by atoms with Crippen LogP contribution in [0.15, 0.2) is 22.8 Å². The van der Waals surface area contributed by atoms with E-state index in [9.17, 15) is 4.79 Å². The SMILES string of the molecule is N#CC1=C(Cl)C=CC(C(=O)O)C1. The second-order valence-corrected chi connectivity index (χ2v) is 2.85. The molecule has 1 rings (SSSR count). The maximum Gasteiger partial charge on any atom is 0.310 e. The molecule has 0 saturated heterocycles. The Labute approximate surface area is 74.6 Å². The first-order chi connectivity index (χ1) is 5.65. The molecule has 0 spiro atoms. The number of halogens is 1. The molecule has 1 atom stereocenters. The Morgan fingerprint density at radius 3 is 3.00 bits per heavy atom.